The van der Waals surface area contributed by atoms with E-state index in [0.717, 1.165) is 17.6 Å². The summed E-state index contributed by atoms with van der Waals surface area (Å²) >= 11 is 1.16. The second-order valence-electron chi connectivity index (χ2n) is 2.67. The summed E-state index contributed by atoms with van der Waals surface area (Å²) in [5.74, 6) is -0.471. The number of hydrogen-bond donors (Lipinski definition) is 1. The molecule has 0 aliphatic rings. The summed E-state index contributed by atoms with van der Waals surface area (Å²) in [4.78, 5) is 14.2. The number of hydrogen-bond acceptors (Lipinski definition) is 5. The molecule has 1 aromatic heterocycles. The highest BCUT2D eigenvalue weighted by atomic mass is 32.2. The molecule has 0 aliphatic heterocycles. The van der Waals surface area contributed by atoms with Gasteiger partial charge in [-0.1, -0.05) is 0 Å². The molecule has 0 atom stereocenters. The number of aromatic nitrogens is 1. The Kier molecular flexibility index (Phi) is 3.22. The van der Waals surface area contributed by atoms with Crippen LogP contribution in [0.2, 0.25) is 0 Å². The van der Waals surface area contributed by atoms with Gasteiger partial charge in [-0.05, 0) is 0 Å². The summed E-state index contributed by atoms with van der Waals surface area (Å²) in [6.07, 6.45) is 2.65. The number of carbonyl (C=O) groups excluding carboxylic acids is 1. The summed E-state index contributed by atoms with van der Waals surface area (Å²) in [5.41, 5.74) is 4.92. The number of nitrogens with zero attached hydrogens (tertiary/aromatic N) is 1. The van der Waals surface area contributed by atoms with E-state index >= 15 is 0 Å². The van der Waals surface area contributed by atoms with Crippen LogP contribution in [0.4, 0.5) is 0 Å². The summed E-state index contributed by atoms with van der Waals surface area (Å²) in [5, 5.41) is 1.95. The van der Waals surface area contributed by atoms with Gasteiger partial charge in [0.15, 0.2) is 14.9 Å². The minimum Gasteiger partial charge on any atom is -0.370 e. The van der Waals surface area contributed by atoms with Gasteiger partial charge in [0.25, 0.3) is 0 Å². The zero-order chi connectivity index (χ0) is 10.8. The van der Waals surface area contributed by atoms with Crippen LogP contribution in [0.15, 0.2) is 10.4 Å². The van der Waals surface area contributed by atoms with Gasteiger partial charge in [0.05, 0.1) is 5.01 Å². The molecule has 14 heavy (non-hydrogen) atoms. The van der Waals surface area contributed by atoms with Crippen molar-refractivity contribution in [2.75, 3.05) is 6.26 Å². The molecule has 1 rings (SSSR count). The van der Waals surface area contributed by atoms with Crippen molar-refractivity contribution < 1.29 is 13.2 Å². The molecule has 7 heteroatoms. The maximum atomic E-state index is 11.0. The number of sulfone groups is 1. The molecule has 0 aliphatic carbocycles. The van der Waals surface area contributed by atoms with Crippen LogP contribution in [0.3, 0.4) is 0 Å². The highest BCUT2D eigenvalue weighted by Crippen LogP contribution is 2.16. The third-order valence-electron chi connectivity index (χ3n) is 1.36. The lowest BCUT2D eigenvalue weighted by molar-refractivity contribution is -0.117. The summed E-state index contributed by atoms with van der Waals surface area (Å²) in [6, 6.07) is 0. The second kappa shape index (κ2) is 4.05. The van der Waals surface area contributed by atoms with E-state index in [1.165, 1.54) is 11.8 Å². The third-order valence-corrected chi connectivity index (χ3v) is 3.32. The van der Waals surface area contributed by atoms with Gasteiger partial charge in [-0.2, -0.15) is 0 Å². The van der Waals surface area contributed by atoms with Crippen molar-refractivity contribution in [1.29, 1.82) is 0 Å². The first-order chi connectivity index (χ1) is 6.39. The molecule has 1 amide bonds. The first-order valence-electron chi connectivity index (χ1n) is 3.66. The first-order valence-corrected chi connectivity index (χ1v) is 6.44. The molecule has 1 aromatic rings. The van der Waals surface area contributed by atoms with E-state index in [1.807, 2.05) is 0 Å². The van der Waals surface area contributed by atoms with E-state index in [1.54, 1.807) is 0 Å². The quantitative estimate of drug-likeness (QED) is 0.791. The Hall–Kier alpha value is -0.950. The van der Waals surface area contributed by atoms with Crippen molar-refractivity contribution in [3.8, 4) is 0 Å². The van der Waals surface area contributed by atoms with Gasteiger partial charge in [-0.15, -0.1) is 11.3 Å². The van der Waals surface area contributed by atoms with Gasteiger partial charge in [-0.3, -0.25) is 4.79 Å². The summed E-state index contributed by atoms with van der Waals surface area (Å²) in [7, 11) is -3.26. The molecule has 1 radical (unpaired) electrons. The minimum absolute atomic E-state index is 0.0261. The molecule has 1 heterocycles. The lowest BCUT2D eigenvalue weighted by atomic mass is 10.3. The molecule has 0 fully saturated rings. The monoisotopic (exact) mass is 233 g/mol. The normalized spacial score (nSPS) is 11.5. The van der Waals surface area contributed by atoms with Gasteiger partial charge >= 0.3 is 0 Å². The molecule has 2 N–H and O–H groups in total. The number of nitrogens with two attached hydrogens (primary N) is 1. The van der Waals surface area contributed by atoms with Gasteiger partial charge in [0.1, 0.15) is 0 Å². The average molecular weight is 233 g/mol. The van der Waals surface area contributed by atoms with Crippen LogP contribution in [0.5, 0.6) is 0 Å². The largest absolute Gasteiger partial charge is 0.370 e. The Bertz CT molecular complexity index is 436. The van der Waals surface area contributed by atoms with E-state index in [-0.39, 0.29) is 11.4 Å². The number of thiazole rings is 1. The number of amides is 1. The fraction of sp³-hybridized carbons (Fsp3) is 0.286. The van der Waals surface area contributed by atoms with Crippen molar-refractivity contribution >= 4 is 27.1 Å². The predicted molar refractivity (Wildman–Crippen MR) is 52.4 cm³/mol. The van der Waals surface area contributed by atoms with Crippen LogP contribution in [0.1, 0.15) is 11.4 Å². The third kappa shape index (κ3) is 3.08. The van der Waals surface area contributed by atoms with Crippen molar-refractivity contribution in [1.82, 2.24) is 4.98 Å². The SMILES string of the molecule is CS(=O)(=O)c1csc([CH]CC(N)=O)n1. The van der Waals surface area contributed by atoms with Gasteiger partial charge in [0, 0.05) is 24.5 Å². The standard InChI is InChI=1S/C7H9N2O3S2/c1-14(11,12)7-4-13-6(9-7)3-2-5(8)10/h3-4H,2H2,1H3,(H2,8,10). The van der Waals surface area contributed by atoms with E-state index in [9.17, 15) is 13.2 Å². The molecule has 0 bridgehead atoms. The molecule has 0 saturated carbocycles. The Morgan fingerprint density at radius 1 is 1.71 bits per heavy atom. The van der Waals surface area contributed by atoms with Crippen LogP contribution in [-0.2, 0) is 14.6 Å². The number of rotatable bonds is 4. The number of primary amides is 1. The Morgan fingerprint density at radius 3 is 2.79 bits per heavy atom. The maximum Gasteiger partial charge on any atom is 0.218 e. The molecular formula is C7H9N2O3S2. The van der Waals surface area contributed by atoms with Gasteiger partial charge in [0.2, 0.25) is 5.91 Å². The minimum atomic E-state index is -3.26. The zero-order valence-corrected chi connectivity index (χ0v) is 9.06. The van der Waals surface area contributed by atoms with Crippen molar-refractivity contribution in [3.63, 3.8) is 0 Å². The molecule has 5 nitrogen and oxygen atoms in total. The fourth-order valence-electron chi connectivity index (χ4n) is 0.724. The second-order valence-corrected chi connectivity index (χ2v) is 5.52. The lowest BCUT2D eigenvalue weighted by Crippen LogP contribution is -2.10. The van der Waals surface area contributed by atoms with Crippen LogP contribution < -0.4 is 5.73 Å². The summed E-state index contributed by atoms with van der Waals surface area (Å²) in [6.45, 7) is 0. The van der Waals surface area contributed by atoms with Gasteiger partial charge < -0.3 is 5.73 Å². The molecule has 0 spiro atoms. The molecule has 0 aromatic carbocycles. The van der Waals surface area contributed by atoms with E-state index in [2.05, 4.69) is 4.98 Å². The zero-order valence-electron chi connectivity index (χ0n) is 7.43. The molecule has 0 saturated heterocycles. The average Bonchev–Trinajstić information content (AvgIpc) is 2.47. The van der Waals surface area contributed by atoms with Crippen molar-refractivity contribution in [2.45, 2.75) is 11.4 Å². The Balaban J connectivity index is 2.74. The fourth-order valence-corrected chi connectivity index (χ4v) is 2.49. The van der Waals surface area contributed by atoms with Crippen LogP contribution in [0.25, 0.3) is 0 Å². The van der Waals surface area contributed by atoms with Crippen LogP contribution in [0, 0.1) is 6.42 Å². The highest BCUT2D eigenvalue weighted by Gasteiger charge is 2.12. The number of carbonyl (C=O) groups is 1. The van der Waals surface area contributed by atoms with E-state index in [0.29, 0.717) is 5.01 Å². The van der Waals surface area contributed by atoms with E-state index < -0.39 is 15.7 Å². The van der Waals surface area contributed by atoms with Crippen LogP contribution in [-0.4, -0.2) is 25.6 Å². The van der Waals surface area contributed by atoms with Crippen molar-refractivity contribution in [3.05, 3.63) is 16.8 Å². The van der Waals surface area contributed by atoms with Crippen molar-refractivity contribution in [2.24, 2.45) is 5.73 Å². The predicted octanol–water partition coefficient (Wildman–Crippen LogP) is -0.0256. The lowest BCUT2D eigenvalue weighted by Gasteiger charge is -1.91. The first kappa shape index (κ1) is 11.1. The topological polar surface area (TPSA) is 90.1 Å². The highest BCUT2D eigenvalue weighted by molar-refractivity contribution is 7.90. The molecule has 0 unspecified atom stereocenters. The van der Waals surface area contributed by atoms with E-state index in [4.69, 9.17) is 5.73 Å². The summed E-state index contributed by atoms with van der Waals surface area (Å²) < 4.78 is 22.0. The maximum absolute atomic E-state index is 11.0. The Labute approximate surface area is 85.9 Å². The van der Waals surface area contributed by atoms with Crippen LogP contribution >= 0.6 is 11.3 Å². The van der Waals surface area contributed by atoms with Gasteiger partial charge in [-0.25, -0.2) is 13.4 Å². The Morgan fingerprint density at radius 2 is 2.36 bits per heavy atom. The molecule has 77 valence electrons. The molecular weight excluding hydrogens is 224 g/mol. The smallest absolute Gasteiger partial charge is 0.218 e.